The van der Waals surface area contributed by atoms with Crippen LogP contribution in [0.2, 0.25) is 0 Å². The Morgan fingerprint density at radius 2 is 2.30 bits per heavy atom. The van der Waals surface area contributed by atoms with E-state index in [0.717, 1.165) is 12.8 Å². The van der Waals surface area contributed by atoms with Crippen molar-refractivity contribution in [1.29, 1.82) is 0 Å². The van der Waals surface area contributed by atoms with Gasteiger partial charge in [0.2, 0.25) is 6.41 Å². The maximum Gasteiger partial charge on any atom is 0.339 e. The molecule has 10 nitrogen and oxygen atoms in total. The van der Waals surface area contributed by atoms with Gasteiger partial charge in [0.05, 0.1) is 18.0 Å². The topological polar surface area (TPSA) is 121 Å². The van der Waals surface area contributed by atoms with Crippen molar-refractivity contribution in [3.8, 4) is 0 Å². The summed E-state index contributed by atoms with van der Waals surface area (Å²) in [5, 5.41) is 2.50. The molecule has 3 aromatic rings. The summed E-state index contributed by atoms with van der Waals surface area (Å²) >= 11 is 0. The molecule has 138 valence electrons. The van der Waals surface area contributed by atoms with Crippen LogP contribution in [0, 0.1) is 0 Å². The zero-order valence-corrected chi connectivity index (χ0v) is 14.2. The van der Waals surface area contributed by atoms with Crippen LogP contribution < -0.4 is 5.32 Å². The number of fused-ring (bicyclic) bond motifs is 1. The van der Waals surface area contributed by atoms with E-state index in [-0.39, 0.29) is 18.9 Å². The first-order chi connectivity index (χ1) is 13.3. The summed E-state index contributed by atoms with van der Waals surface area (Å²) in [5.41, 5.74) is 1.45. The van der Waals surface area contributed by atoms with E-state index < -0.39 is 5.97 Å². The van der Waals surface area contributed by atoms with Crippen LogP contribution in [0.1, 0.15) is 29.4 Å². The molecule has 0 radical (unpaired) electrons. The molecule has 1 amide bonds. The molecule has 27 heavy (non-hydrogen) atoms. The molecule has 4 rings (SSSR count). The summed E-state index contributed by atoms with van der Waals surface area (Å²) in [7, 11) is 0. The second-order valence-corrected chi connectivity index (χ2v) is 5.94. The average Bonchev–Trinajstić information content (AvgIpc) is 3.34. The van der Waals surface area contributed by atoms with Crippen molar-refractivity contribution in [3.63, 3.8) is 0 Å². The van der Waals surface area contributed by atoms with Crippen LogP contribution >= 0.6 is 0 Å². The molecular formula is C17H16N6O4. The Hall–Kier alpha value is -3.40. The lowest BCUT2D eigenvalue weighted by molar-refractivity contribution is -0.105. The molecule has 1 aliphatic rings. The van der Waals surface area contributed by atoms with Gasteiger partial charge in [-0.05, 0) is 25.0 Å². The molecule has 2 atom stereocenters. The first kappa shape index (κ1) is 17.0. The molecule has 1 fully saturated rings. The van der Waals surface area contributed by atoms with E-state index in [1.807, 2.05) is 0 Å². The summed E-state index contributed by atoms with van der Waals surface area (Å²) in [5.74, 6) is -0.0887. The van der Waals surface area contributed by atoms with E-state index in [4.69, 9.17) is 9.47 Å². The zero-order valence-electron chi connectivity index (χ0n) is 14.2. The molecule has 0 spiro atoms. The van der Waals surface area contributed by atoms with Gasteiger partial charge < -0.3 is 14.8 Å². The summed E-state index contributed by atoms with van der Waals surface area (Å²) in [4.78, 5) is 39.1. The average molecular weight is 368 g/mol. The Bertz CT molecular complexity index is 960. The number of aromatic nitrogens is 5. The highest BCUT2D eigenvalue weighted by molar-refractivity contribution is 5.89. The van der Waals surface area contributed by atoms with Crippen LogP contribution in [0.25, 0.3) is 11.2 Å². The van der Waals surface area contributed by atoms with Crippen molar-refractivity contribution < 1.29 is 19.1 Å². The number of hydrogen-bond acceptors (Lipinski definition) is 8. The molecule has 1 aliphatic heterocycles. The predicted octanol–water partition coefficient (Wildman–Crippen LogP) is 1.32. The van der Waals surface area contributed by atoms with Gasteiger partial charge in [-0.15, -0.1) is 0 Å². The molecule has 0 saturated carbocycles. The fourth-order valence-electron chi connectivity index (χ4n) is 2.97. The van der Waals surface area contributed by atoms with Crippen LogP contribution in [0.15, 0.2) is 37.2 Å². The normalized spacial score (nSPS) is 19.1. The summed E-state index contributed by atoms with van der Waals surface area (Å²) in [6.45, 7) is 0.157. The highest BCUT2D eigenvalue weighted by Crippen LogP contribution is 2.31. The monoisotopic (exact) mass is 368 g/mol. The number of imidazole rings is 1. The molecule has 4 heterocycles. The van der Waals surface area contributed by atoms with Crippen molar-refractivity contribution in [3.05, 3.63) is 42.7 Å². The van der Waals surface area contributed by atoms with Gasteiger partial charge >= 0.3 is 5.97 Å². The van der Waals surface area contributed by atoms with Gasteiger partial charge in [-0.1, -0.05) is 0 Å². The Balaban J connectivity index is 1.41. The Morgan fingerprint density at radius 3 is 3.11 bits per heavy atom. The number of ether oxygens (including phenoxy) is 2. The first-order valence-corrected chi connectivity index (χ1v) is 8.36. The third kappa shape index (κ3) is 3.47. The number of hydrogen-bond donors (Lipinski definition) is 1. The molecule has 0 unspecified atom stereocenters. The molecule has 1 saturated heterocycles. The van der Waals surface area contributed by atoms with E-state index in [2.05, 4.69) is 25.3 Å². The number of pyridine rings is 1. The van der Waals surface area contributed by atoms with E-state index >= 15 is 0 Å². The van der Waals surface area contributed by atoms with E-state index in [1.54, 1.807) is 29.2 Å². The number of esters is 1. The molecule has 1 N–H and O–H groups in total. The second kappa shape index (κ2) is 7.46. The summed E-state index contributed by atoms with van der Waals surface area (Å²) in [6.07, 6.45) is 7.51. The molecule has 0 bridgehead atoms. The number of carbonyl (C=O) groups excluding carboxylic acids is 2. The number of nitrogens with zero attached hydrogens (tertiary/aromatic N) is 5. The Morgan fingerprint density at radius 1 is 1.37 bits per heavy atom. The molecule has 3 aromatic heterocycles. The van der Waals surface area contributed by atoms with E-state index in [1.165, 1.54) is 12.5 Å². The highest BCUT2D eigenvalue weighted by Gasteiger charge is 2.29. The van der Waals surface area contributed by atoms with Crippen LogP contribution in [-0.4, -0.2) is 49.6 Å². The standard InChI is InChI=1S/C17H16N6O4/c24-10-22-15-14-16(20-8-19-15)23(9-21-14)13-4-3-12(27-13)7-26-17(25)11-2-1-5-18-6-11/h1-2,5-6,8-10,12-13H,3-4,7H2,(H,19,20,22,24)/t12-,13+/m0/s1. The number of amides is 1. The second-order valence-electron chi connectivity index (χ2n) is 5.94. The van der Waals surface area contributed by atoms with Crippen LogP contribution in [0.3, 0.4) is 0 Å². The fourth-order valence-corrected chi connectivity index (χ4v) is 2.97. The summed E-state index contributed by atoms with van der Waals surface area (Å²) in [6, 6.07) is 3.33. The Kier molecular flexibility index (Phi) is 4.71. The number of anilines is 1. The van der Waals surface area contributed by atoms with E-state index in [9.17, 15) is 9.59 Å². The van der Waals surface area contributed by atoms with Gasteiger partial charge in [0.15, 0.2) is 17.0 Å². The minimum atomic E-state index is -0.430. The molecule has 0 aromatic carbocycles. The summed E-state index contributed by atoms with van der Waals surface area (Å²) < 4.78 is 13.1. The predicted molar refractivity (Wildman–Crippen MR) is 92.7 cm³/mol. The van der Waals surface area contributed by atoms with Crippen molar-refractivity contribution in [2.45, 2.75) is 25.2 Å². The van der Waals surface area contributed by atoms with Gasteiger partial charge in [0.1, 0.15) is 19.2 Å². The van der Waals surface area contributed by atoms with Crippen LogP contribution in [-0.2, 0) is 14.3 Å². The maximum absolute atomic E-state index is 12.0. The van der Waals surface area contributed by atoms with Crippen LogP contribution in [0.5, 0.6) is 0 Å². The van der Waals surface area contributed by atoms with Crippen molar-refractivity contribution in [2.24, 2.45) is 0 Å². The number of carbonyl (C=O) groups is 2. The number of rotatable bonds is 6. The largest absolute Gasteiger partial charge is 0.459 e. The lowest BCUT2D eigenvalue weighted by Gasteiger charge is -2.15. The third-order valence-electron chi connectivity index (χ3n) is 4.25. The van der Waals surface area contributed by atoms with Crippen molar-refractivity contribution in [1.82, 2.24) is 24.5 Å². The minimum Gasteiger partial charge on any atom is -0.459 e. The van der Waals surface area contributed by atoms with Gasteiger partial charge in [0, 0.05) is 12.4 Å². The van der Waals surface area contributed by atoms with Crippen LogP contribution in [0.4, 0.5) is 5.82 Å². The van der Waals surface area contributed by atoms with Crippen molar-refractivity contribution >= 4 is 29.4 Å². The smallest absolute Gasteiger partial charge is 0.339 e. The van der Waals surface area contributed by atoms with E-state index in [0.29, 0.717) is 29.0 Å². The lowest BCUT2D eigenvalue weighted by atomic mass is 10.2. The molecular weight excluding hydrogens is 352 g/mol. The number of nitrogens with one attached hydrogen (secondary N) is 1. The zero-order chi connectivity index (χ0) is 18.6. The minimum absolute atomic E-state index is 0.157. The molecule has 10 heteroatoms. The fraction of sp³-hybridized carbons (Fsp3) is 0.294. The first-order valence-electron chi connectivity index (χ1n) is 8.36. The highest BCUT2D eigenvalue weighted by atomic mass is 16.6. The van der Waals surface area contributed by atoms with Gasteiger partial charge in [-0.2, -0.15) is 0 Å². The Labute approximate surface area is 153 Å². The van der Waals surface area contributed by atoms with Gasteiger partial charge in [-0.3, -0.25) is 14.3 Å². The quantitative estimate of drug-likeness (QED) is 0.511. The maximum atomic E-state index is 12.0. The molecule has 0 aliphatic carbocycles. The van der Waals surface area contributed by atoms with Crippen molar-refractivity contribution in [2.75, 3.05) is 11.9 Å². The van der Waals surface area contributed by atoms with Gasteiger partial charge in [-0.25, -0.2) is 19.7 Å². The van der Waals surface area contributed by atoms with Gasteiger partial charge in [0.25, 0.3) is 0 Å². The lowest BCUT2D eigenvalue weighted by Crippen LogP contribution is -2.19. The SMILES string of the molecule is O=CNc1ncnc2c1ncn2[C@H]1CC[C@@H](COC(=O)c2cccnc2)O1. The third-order valence-corrected chi connectivity index (χ3v) is 4.25.